The molecule has 3 rings (SSSR count). The van der Waals surface area contributed by atoms with Crippen molar-refractivity contribution in [3.63, 3.8) is 0 Å². The number of imide groups is 1. The first-order valence-electron chi connectivity index (χ1n) is 8.89. The van der Waals surface area contributed by atoms with E-state index in [-0.39, 0.29) is 11.5 Å². The Morgan fingerprint density at radius 3 is 2.71 bits per heavy atom. The van der Waals surface area contributed by atoms with E-state index in [1.165, 1.54) is 6.92 Å². The third-order valence-electron chi connectivity index (χ3n) is 4.47. The molecule has 3 heterocycles. The largest absolute Gasteiger partial charge is 0.464 e. The minimum absolute atomic E-state index is 0.189. The van der Waals surface area contributed by atoms with Crippen molar-refractivity contribution < 1.29 is 19.1 Å². The summed E-state index contributed by atoms with van der Waals surface area (Å²) in [5, 5.41) is -0.477. The topological polar surface area (TPSA) is 81.5 Å². The molecule has 28 heavy (non-hydrogen) atoms. The first kappa shape index (κ1) is 19.9. The molecular formula is C20H21N3O4S. The molecule has 0 spiro atoms. The van der Waals surface area contributed by atoms with Crippen LogP contribution in [0, 0.1) is 13.8 Å². The van der Waals surface area contributed by atoms with E-state index >= 15 is 0 Å². The lowest BCUT2D eigenvalue weighted by molar-refractivity contribution is -0.150. The van der Waals surface area contributed by atoms with Crippen LogP contribution < -0.4 is 0 Å². The number of aromatic nitrogens is 2. The summed E-state index contributed by atoms with van der Waals surface area (Å²) in [6.45, 7) is 7.24. The number of ether oxygens (including phenoxy) is 1. The Balaban J connectivity index is 1.92. The van der Waals surface area contributed by atoms with Crippen LogP contribution >= 0.6 is 11.8 Å². The van der Waals surface area contributed by atoms with E-state index in [1.807, 2.05) is 42.7 Å². The average molecular weight is 399 g/mol. The first-order chi connectivity index (χ1) is 13.3. The van der Waals surface area contributed by atoms with E-state index in [9.17, 15) is 14.4 Å². The highest BCUT2D eigenvalue weighted by molar-refractivity contribution is 8.18. The molecule has 1 aliphatic rings. The smallest absolute Gasteiger partial charge is 0.329 e. The maximum absolute atomic E-state index is 12.7. The highest BCUT2D eigenvalue weighted by atomic mass is 32.2. The molecule has 2 aromatic rings. The normalized spacial score (nSPS) is 16.7. The number of hydrogen-bond donors (Lipinski definition) is 0. The van der Waals surface area contributed by atoms with Crippen molar-refractivity contribution in [2.24, 2.45) is 0 Å². The summed E-state index contributed by atoms with van der Waals surface area (Å²) in [6, 6.07) is 6.63. The Kier molecular flexibility index (Phi) is 5.69. The van der Waals surface area contributed by atoms with Gasteiger partial charge in [-0.2, -0.15) is 0 Å². The summed E-state index contributed by atoms with van der Waals surface area (Å²) >= 11 is 0.826. The van der Waals surface area contributed by atoms with Gasteiger partial charge in [0, 0.05) is 17.6 Å². The quantitative estimate of drug-likeness (QED) is 0.566. The number of aryl methyl sites for hydroxylation is 1. The molecule has 1 fully saturated rings. The molecule has 2 aromatic heterocycles. The number of rotatable bonds is 5. The fourth-order valence-electron chi connectivity index (χ4n) is 3.10. The maximum atomic E-state index is 12.7. The van der Waals surface area contributed by atoms with Gasteiger partial charge in [-0.25, -0.2) is 9.78 Å². The standard InChI is InChI=1S/C20H21N3O4S/c1-5-27-19(25)14(4)23-18(24)16(28-20(23)26)11-15-10-12(2)22(13(15)3)17-8-6-7-9-21-17/h6-11,14H,5H2,1-4H3/b16-11+/t14-/m1/s1. The zero-order valence-electron chi connectivity index (χ0n) is 16.1. The molecule has 0 aliphatic carbocycles. The number of pyridine rings is 1. The van der Waals surface area contributed by atoms with Gasteiger partial charge in [-0.3, -0.25) is 14.5 Å². The molecule has 0 saturated carbocycles. The summed E-state index contributed by atoms with van der Waals surface area (Å²) in [7, 11) is 0. The van der Waals surface area contributed by atoms with Crippen LogP contribution in [0.3, 0.4) is 0 Å². The van der Waals surface area contributed by atoms with Gasteiger partial charge < -0.3 is 9.30 Å². The summed E-state index contributed by atoms with van der Waals surface area (Å²) < 4.78 is 6.91. The zero-order valence-corrected chi connectivity index (χ0v) is 16.9. The zero-order chi connectivity index (χ0) is 20.4. The molecule has 0 radical (unpaired) electrons. The Hall–Kier alpha value is -2.87. The predicted molar refractivity (Wildman–Crippen MR) is 107 cm³/mol. The fraction of sp³-hybridized carbons (Fsp3) is 0.300. The number of carbonyl (C=O) groups is 3. The summed E-state index contributed by atoms with van der Waals surface area (Å²) in [5.74, 6) is -0.307. The number of hydrogen-bond acceptors (Lipinski definition) is 6. The minimum atomic E-state index is -0.959. The van der Waals surface area contributed by atoms with E-state index < -0.39 is 23.2 Å². The van der Waals surface area contributed by atoms with Gasteiger partial charge in [0.25, 0.3) is 11.1 Å². The lowest BCUT2D eigenvalue weighted by Crippen LogP contribution is -2.42. The summed E-state index contributed by atoms with van der Waals surface area (Å²) in [6.07, 6.45) is 3.40. The van der Waals surface area contributed by atoms with E-state index in [4.69, 9.17) is 4.74 Å². The molecular weight excluding hydrogens is 378 g/mol. The number of amides is 2. The van der Waals surface area contributed by atoms with Crippen molar-refractivity contribution in [1.29, 1.82) is 0 Å². The van der Waals surface area contributed by atoms with Crippen LogP contribution in [0.1, 0.15) is 30.8 Å². The minimum Gasteiger partial charge on any atom is -0.464 e. The van der Waals surface area contributed by atoms with Crippen molar-refractivity contribution in [2.45, 2.75) is 33.7 Å². The Bertz CT molecular complexity index is 965. The highest BCUT2D eigenvalue weighted by Gasteiger charge is 2.41. The first-order valence-corrected chi connectivity index (χ1v) is 9.70. The summed E-state index contributed by atoms with van der Waals surface area (Å²) in [5.41, 5.74) is 2.68. The monoisotopic (exact) mass is 399 g/mol. The third-order valence-corrected chi connectivity index (χ3v) is 5.36. The second-order valence-electron chi connectivity index (χ2n) is 6.33. The molecule has 0 bridgehead atoms. The van der Waals surface area contributed by atoms with Crippen LogP contribution in [0.5, 0.6) is 0 Å². The lowest BCUT2D eigenvalue weighted by Gasteiger charge is -2.19. The third kappa shape index (κ3) is 3.60. The molecule has 146 valence electrons. The molecule has 1 aliphatic heterocycles. The van der Waals surface area contributed by atoms with Crippen molar-refractivity contribution >= 4 is 35.0 Å². The SMILES string of the molecule is CCOC(=O)[C@@H](C)N1C(=O)S/C(=C/c2cc(C)n(-c3ccccn3)c2C)C1=O. The van der Waals surface area contributed by atoms with Gasteiger partial charge in [-0.1, -0.05) is 6.07 Å². The Labute approximate surface area is 167 Å². The molecule has 1 saturated heterocycles. The predicted octanol–water partition coefficient (Wildman–Crippen LogP) is 3.48. The number of thioether (sulfide) groups is 1. The molecule has 0 aromatic carbocycles. The van der Waals surface area contributed by atoms with Crippen LogP contribution in [0.25, 0.3) is 11.9 Å². The number of nitrogens with zero attached hydrogens (tertiary/aromatic N) is 3. The van der Waals surface area contributed by atoms with Crippen molar-refractivity contribution in [2.75, 3.05) is 6.61 Å². The van der Waals surface area contributed by atoms with Gasteiger partial charge in [-0.15, -0.1) is 0 Å². The van der Waals surface area contributed by atoms with Crippen LogP contribution in [0.15, 0.2) is 35.4 Å². The summed E-state index contributed by atoms with van der Waals surface area (Å²) in [4.78, 5) is 42.6. The molecule has 0 N–H and O–H groups in total. The Morgan fingerprint density at radius 2 is 2.07 bits per heavy atom. The van der Waals surface area contributed by atoms with E-state index in [0.717, 1.165) is 39.4 Å². The van der Waals surface area contributed by atoms with Crippen LogP contribution in [0.4, 0.5) is 4.79 Å². The average Bonchev–Trinajstić information content (AvgIpc) is 3.10. The number of esters is 1. The fourth-order valence-corrected chi connectivity index (χ4v) is 3.99. The van der Waals surface area contributed by atoms with Gasteiger partial charge in [0.15, 0.2) is 0 Å². The molecule has 7 nitrogen and oxygen atoms in total. The van der Waals surface area contributed by atoms with Crippen LogP contribution in [0.2, 0.25) is 0 Å². The van der Waals surface area contributed by atoms with Crippen LogP contribution in [-0.2, 0) is 14.3 Å². The number of carbonyl (C=O) groups excluding carboxylic acids is 3. The van der Waals surface area contributed by atoms with Crippen molar-refractivity contribution in [1.82, 2.24) is 14.5 Å². The maximum Gasteiger partial charge on any atom is 0.329 e. The van der Waals surface area contributed by atoms with E-state index in [0.29, 0.717) is 0 Å². The van der Waals surface area contributed by atoms with Crippen molar-refractivity contribution in [3.05, 3.63) is 52.3 Å². The highest BCUT2D eigenvalue weighted by Crippen LogP contribution is 2.35. The van der Waals surface area contributed by atoms with Gasteiger partial charge in [0.1, 0.15) is 11.9 Å². The van der Waals surface area contributed by atoms with Gasteiger partial charge in [0.05, 0.1) is 11.5 Å². The van der Waals surface area contributed by atoms with E-state index in [1.54, 1.807) is 19.2 Å². The van der Waals surface area contributed by atoms with Gasteiger partial charge in [0.2, 0.25) is 0 Å². The lowest BCUT2D eigenvalue weighted by atomic mass is 10.2. The van der Waals surface area contributed by atoms with Gasteiger partial charge in [-0.05, 0) is 69.3 Å². The van der Waals surface area contributed by atoms with E-state index in [2.05, 4.69) is 4.98 Å². The molecule has 1 atom stereocenters. The van der Waals surface area contributed by atoms with Gasteiger partial charge >= 0.3 is 5.97 Å². The molecule has 0 unspecified atom stereocenters. The second-order valence-corrected chi connectivity index (χ2v) is 7.32. The Morgan fingerprint density at radius 1 is 1.32 bits per heavy atom. The van der Waals surface area contributed by atoms with Crippen molar-refractivity contribution in [3.8, 4) is 5.82 Å². The van der Waals surface area contributed by atoms with Crippen LogP contribution in [-0.4, -0.2) is 44.2 Å². The molecule has 2 amide bonds. The molecule has 8 heteroatoms. The second kappa shape index (κ2) is 8.02.